The molecule has 1 aromatic carbocycles. The fourth-order valence-corrected chi connectivity index (χ4v) is 3.98. The highest BCUT2D eigenvalue weighted by molar-refractivity contribution is 7.99. The van der Waals surface area contributed by atoms with Gasteiger partial charge < -0.3 is 10.2 Å². The van der Waals surface area contributed by atoms with E-state index in [0.717, 1.165) is 29.1 Å². The van der Waals surface area contributed by atoms with E-state index in [0.29, 0.717) is 0 Å². The standard InChI is InChI=1S/C12H12O3S/c13-7-1-2-10-8(5-7)12(3-4-16-10)6-9(12)11(14)15/h1-2,5,9,13H,3-4,6H2,(H,14,15). The number of benzene rings is 1. The van der Waals surface area contributed by atoms with Gasteiger partial charge in [0, 0.05) is 10.3 Å². The Bertz CT molecular complexity index is 471. The van der Waals surface area contributed by atoms with Gasteiger partial charge in [0.05, 0.1) is 5.92 Å². The number of carboxylic acids is 1. The molecule has 84 valence electrons. The van der Waals surface area contributed by atoms with E-state index in [-0.39, 0.29) is 17.1 Å². The second-order valence-corrected chi connectivity index (χ2v) is 5.67. The smallest absolute Gasteiger partial charge is 0.307 e. The van der Waals surface area contributed by atoms with E-state index < -0.39 is 5.97 Å². The second-order valence-electron chi connectivity index (χ2n) is 4.53. The van der Waals surface area contributed by atoms with Gasteiger partial charge in [-0.2, -0.15) is 0 Å². The lowest BCUT2D eigenvalue weighted by molar-refractivity contribution is -0.139. The normalized spacial score (nSPS) is 31.1. The number of thioether (sulfide) groups is 1. The lowest BCUT2D eigenvalue weighted by Crippen LogP contribution is -2.20. The van der Waals surface area contributed by atoms with E-state index in [1.165, 1.54) is 0 Å². The van der Waals surface area contributed by atoms with Crippen molar-refractivity contribution in [2.45, 2.75) is 23.2 Å². The first-order chi connectivity index (χ1) is 7.63. The quantitative estimate of drug-likeness (QED) is 0.785. The lowest BCUT2D eigenvalue weighted by Gasteiger charge is -2.25. The van der Waals surface area contributed by atoms with Gasteiger partial charge in [0.1, 0.15) is 5.75 Å². The number of aromatic hydroxyl groups is 1. The molecule has 0 aromatic heterocycles. The summed E-state index contributed by atoms with van der Waals surface area (Å²) in [5, 5.41) is 18.6. The molecular weight excluding hydrogens is 224 g/mol. The molecule has 3 rings (SSSR count). The van der Waals surface area contributed by atoms with E-state index in [1.807, 2.05) is 6.07 Å². The fraction of sp³-hybridized carbons (Fsp3) is 0.417. The molecule has 1 aromatic rings. The zero-order chi connectivity index (χ0) is 11.3. The van der Waals surface area contributed by atoms with Crippen molar-refractivity contribution < 1.29 is 15.0 Å². The maximum atomic E-state index is 11.1. The van der Waals surface area contributed by atoms with Crippen molar-refractivity contribution in [3.63, 3.8) is 0 Å². The summed E-state index contributed by atoms with van der Waals surface area (Å²) >= 11 is 1.75. The van der Waals surface area contributed by atoms with Crippen LogP contribution in [0.25, 0.3) is 0 Å². The number of phenolic OH excluding ortho intramolecular Hbond substituents is 1. The van der Waals surface area contributed by atoms with Gasteiger partial charge in [0.25, 0.3) is 0 Å². The van der Waals surface area contributed by atoms with E-state index in [9.17, 15) is 9.90 Å². The SMILES string of the molecule is O=C(O)C1CC12CCSc1ccc(O)cc12. The Morgan fingerprint density at radius 2 is 2.31 bits per heavy atom. The van der Waals surface area contributed by atoms with Crippen LogP contribution in [0.15, 0.2) is 23.1 Å². The van der Waals surface area contributed by atoms with Crippen molar-refractivity contribution in [1.82, 2.24) is 0 Å². The minimum Gasteiger partial charge on any atom is -0.508 e. The molecule has 1 saturated carbocycles. The summed E-state index contributed by atoms with van der Waals surface area (Å²) in [5.74, 6) is 0.244. The molecule has 4 heteroatoms. The number of carboxylic acid groups (broad SMARTS) is 1. The topological polar surface area (TPSA) is 57.5 Å². The Morgan fingerprint density at radius 1 is 1.50 bits per heavy atom. The molecule has 1 aliphatic heterocycles. The van der Waals surface area contributed by atoms with E-state index in [1.54, 1.807) is 23.9 Å². The van der Waals surface area contributed by atoms with Crippen molar-refractivity contribution in [2.75, 3.05) is 5.75 Å². The van der Waals surface area contributed by atoms with Gasteiger partial charge >= 0.3 is 5.97 Å². The zero-order valence-corrected chi connectivity index (χ0v) is 9.46. The zero-order valence-electron chi connectivity index (χ0n) is 8.64. The van der Waals surface area contributed by atoms with Crippen molar-refractivity contribution >= 4 is 17.7 Å². The molecule has 3 nitrogen and oxygen atoms in total. The predicted octanol–water partition coefficient (Wildman–Crippen LogP) is 2.23. The Kier molecular flexibility index (Phi) is 1.98. The van der Waals surface area contributed by atoms with Gasteiger partial charge in [-0.3, -0.25) is 4.79 Å². The third kappa shape index (κ3) is 1.26. The Morgan fingerprint density at radius 3 is 3.00 bits per heavy atom. The number of hydrogen-bond donors (Lipinski definition) is 2. The van der Waals surface area contributed by atoms with Crippen LogP contribution in [0.4, 0.5) is 0 Å². The van der Waals surface area contributed by atoms with Crippen LogP contribution in [0.3, 0.4) is 0 Å². The van der Waals surface area contributed by atoms with Gasteiger partial charge in [0.15, 0.2) is 0 Å². The summed E-state index contributed by atoms with van der Waals surface area (Å²) in [7, 11) is 0. The highest BCUT2D eigenvalue weighted by Gasteiger charge is 2.60. The predicted molar refractivity (Wildman–Crippen MR) is 60.9 cm³/mol. The molecule has 2 aliphatic rings. The molecule has 2 atom stereocenters. The van der Waals surface area contributed by atoms with Crippen LogP contribution < -0.4 is 0 Å². The van der Waals surface area contributed by atoms with E-state index in [2.05, 4.69) is 0 Å². The number of aliphatic carboxylic acids is 1. The largest absolute Gasteiger partial charge is 0.508 e. The monoisotopic (exact) mass is 236 g/mol. The Labute approximate surface area is 97.5 Å². The van der Waals surface area contributed by atoms with Gasteiger partial charge in [-0.1, -0.05) is 0 Å². The fourth-order valence-electron chi connectivity index (χ4n) is 2.71. The summed E-state index contributed by atoms with van der Waals surface area (Å²) in [5.41, 5.74) is 0.849. The molecule has 0 bridgehead atoms. The maximum Gasteiger partial charge on any atom is 0.307 e. The molecule has 1 spiro atoms. The molecule has 0 saturated heterocycles. The third-order valence-electron chi connectivity index (χ3n) is 3.68. The van der Waals surface area contributed by atoms with Crippen molar-refractivity contribution in [2.24, 2.45) is 5.92 Å². The first-order valence-corrected chi connectivity index (χ1v) is 6.31. The van der Waals surface area contributed by atoms with E-state index >= 15 is 0 Å². The van der Waals surface area contributed by atoms with Gasteiger partial charge in [-0.05, 0) is 42.4 Å². The van der Waals surface area contributed by atoms with Crippen LogP contribution in [-0.4, -0.2) is 21.9 Å². The molecule has 1 heterocycles. The number of hydrogen-bond acceptors (Lipinski definition) is 3. The minimum atomic E-state index is -0.707. The summed E-state index contributed by atoms with van der Waals surface area (Å²) in [4.78, 5) is 12.2. The third-order valence-corrected chi connectivity index (χ3v) is 4.75. The molecule has 2 unspecified atom stereocenters. The molecule has 0 amide bonds. The number of rotatable bonds is 1. The maximum absolute atomic E-state index is 11.1. The molecule has 16 heavy (non-hydrogen) atoms. The number of fused-ring (bicyclic) bond motifs is 2. The van der Waals surface area contributed by atoms with Crippen molar-refractivity contribution in [1.29, 1.82) is 0 Å². The minimum absolute atomic E-state index is 0.189. The average molecular weight is 236 g/mol. The Hall–Kier alpha value is -1.16. The summed E-state index contributed by atoms with van der Waals surface area (Å²) in [6.45, 7) is 0. The summed E-state index contributed by atoms with van der Waals surface area (Å²) in [6, 6.07) is 5.31. The highest BCUT2D eigenvalue weighted by atomic mass is 32.2. The van der Waals surface area contributed by atoms with Gasteiger partial charge in [-0.25, -0.2) is 0 Å². The van der Waals surface area contributed by atoms with Crippen molar-refractivity contribution in [3.05, 3.63) is 23.8 Å². The first-order valence-electron chi connectivity index (χ1n) is 5.32. The van der Waals surface area contributed by atoms with Crippen LogP contribution in [0.2, 0.25) is 0 Å². The van der Waals surface area contributed by atoms with E-state index in [4.69, 9.17) is 5.11 Å². The average Bonchev–Trinajstić information content (AvgIpc) is 2.96. The second kappa shape index (κ2) is 3.17. The molecule has 1 fully saturated rings. The van der Waals surface area contributed by atoms with Crippen LogP contribution in [-0.2, 0) is 10.2 Å². The first kappa shape index (κ1) is 10.0. The molecule has 0 radical (unpaired) electrons. The lowest BCUT2D eigenvalue weighted by atomic mass is 9.89. The molecule has 1 aliphatic carbocycles. The van der Waals surface area contributed by atoms with Crippen LogP contribution in [0.1, 0.15) is 18.4 Å². The van der Waals surface area contributed by atoms with Gasteiger partial charge in [0.2, 0.25) is 0 Å². The van der Waals surface area contributed by atoms with Crippen LogP contribution in [0, 0.1) is 5.92 Å². The Balaban J connectivity index is 2.07. The number of phenols is 1. The molecular formula is C12H12O3S. The summed E-state index contributed by atoms with van der Waals surface area (Å²) in [6.07, 6.45) is 1.63. The number of carbonyl (C=O) groups is 1. The molecule has 2 N–H and O–H groups in total. The highest BCUT2D eigenvalue weighted by Crippen LogP contribution is 2.61. The van der Waals surface area contributed by atoms with Crippen LogP contribution >= 0.6 is 11.8 Å². The van der Waals surface area contributed by atoms with Crippen molar-refractivity contribution in [3.8, 4) is 5.75 Å². The van der Waals surface area contributed by atoms with Crippen LogP contribution in [0.5, 0.6) is 5.75 Å². The summed E-state index contributed by atoms with van der Waals surface area (Å²) < 4.78 is 0. The van der Waals surface area contributed by atoms with Gasteiger partial charge in [-0.15, -0.1) is 11.8 Å².